The first-order valence-corrected chi connectivity index (χ1v) is 9.64. The van der Waals surface area contributed by atoms with Crippen molar-refractivity contribution in [3.8, 4) is 0 Å². The van der Waals surface area contributed by atoms with Crippen LogP contribution in [0.1, 0.15) is 58.8 Å². The van der Waals surface area contributed by atoms with E-state index in [1.807, 2.05) is 30.5 Å². The number of hydrogen-bond acceptors (Lipinski definition) is 3. The first kappa shape index (κ1) is 18.3. The molecule has 0 aromatic carbocycles. The average Bonchev–Trinajstić information content (AvgIpc) is 2.47. The maximum absolute atomic E-state index is 12.5. The Balaban J connectivity index is 2.49. The largest absolute Gasteiger partial charge is 0.343 e. The predicted molar refractivity (Wildman–Crippen MR) is 89.5 cm³/mol. The molecular formula is C16H30N2O2S. The van der Waals surface area contributed by atoms with E-state index in [2.05, 4.69) is 11.6 Å². The number of nitrogens with zero attached hydrogens (tertiary/aromatic N) is 1. The number of amides is 2. The lowest BCUT2D eigenvalue weighted by Crippen LogP contribution is -2.63. The summed E-state index contributed by atoms with van der Waals surface area (Å²) >= 11 is 1.88. The molecule has 0 aromatic heterocycles. The normalized spacial score (nSPS) is 22.5. The zero-order valence-electron chi connectivity index (χ0n) is 13.7. The summed E-state index contributed by atoms with van der Waals surface area (Å²) in [7, 11) is 0. The third kappa shape index (κ3) is 5.53. The highest BCUT2D eigenvalue weighted by molar-refractivity contribution is 7.98. The Kier molecular flexibility index (Phi) is 8.81. The number of carbonyl (C=O) groups excluding carboxylic acids is 2. The molecule has 21 heavy (non-hydrogen) atoms. The first-order valence-electron chi connectivity index (χ1n) is 8.25. The van der Waals surface area contributed by atoms with Crippen molar-refractivity contribution < 1.29 is 9.59 Å². The van der Waals surface area contributed by atoms with Crippen molar-refractivity contribution in [1.29, 1.82) is 0 Å². The molecular weight excluding hydrogens is 284 g/mol. The van der Waals surface area contributed by atoms with Gasteiger partial charge in [0.2, 0.25) is 11.8 Å². The van der Waals surface area contributed by atoms with Crippen molar-refractivity contribution in [3.05, 3.63) is 0 Å². The van der Waals surface area contributed by atoms with E-state index in [1.165, 1.54) is 18.6 Å². The standard InChI is InChI=1S/C16H30N2O2S/c1-4-10-13-16(20)18(14(5-2)15(19)17-13)11-8-6-7-9-12-21-3/h13-14H,4-12H2,1-3H3,(H,17,19). The fraction of sp³-hybridized carbons (Fsp3) is 0.875. The van der Waals surface area contributed by atoms with Crippen LogP contribution in [0.4, 0.5) is 0 Å². The number of hydrogen-bond donors (Lipinski definition) is 1. The summed E-state index contributed by atoms with van der Waals surface area (Å²) < 4.78 is 0. The van der Waals surface area contributed by atoms with Crippen LogP contribution in [0.15, 0.2) is 0 Å². The number of thioether (sulfide) groups is 1. The molecule has 2 amide bonds. The van der Waals surface area contributed by atoms with Crippen LogP contribution < -0.4 is 5.32 Å². The van der Waals surface area contributed by atoms with Crippen molar-refractivity contribution in [2.75, 3.05) is 18.6 Å². The average molecular weight is 314 g/mol. The van der Waals surface area contributed by atoms with Crippen molar-refractivity contribution >= 4 is 23.6 Å². The highest BCUT2D eigenvalue weighted by Crippen LogP contribution is 2.17. The SMILES string of the molecule is CCCC1NC(=O)C(CC)N(CCCCCCSC)C1=O. The molecule has 5 heteroatoms. The Bertz CT molecular complexity index is 336. The van der Waals surface area contributed by atoms with Gasteiger partial charge in [-0.2, -0.15) is 11.8 Å². The molecule has 4 nitrogen and oxygen atoms in total. The van der Waals surface area contributed by atoms with E-state index >= 15 is 0 Å². The van der Waals surface area contributed by atoms with Gasteiger partial charge in [-0.3, -0.25) is 9.59 Å². The molecule has 1 fully saturated rings. The van der Waals surface area contributed by atoms with Crippen LogP contribution >= 0.6 is 11.8 Å². The number of piperazine rings is 1. The predicted octanol–water partition coefficient (Wildman–Crippen LogP) is 2.82. The lowest BCUT2D eigenvalue weighted by Gasteiger charge is -2.38. The van der Waals surface area contributed by atoms with E-state index in [0.29, 0.717) is 6.42 Å². The molecule has 122 valence electrons. The molecule has 0 aliphatic carbocycles. The second-order valence-electron chi connectivity index (χ2n) is 5.71. The summed E-state index contributed by atoms with van der Waals surface area (Å²) in [5, 5.41) is 2.88. The molecule has 1 N–H and O–H groups in total. The number of rotatable bonds is 10. The maximum Gasteiger partial charge on any atom is 0.245 e. The molecule has 0 bridgehead atoms. The Hall–Kier alpha value is -0.710. The highest BCUT2D eigenvalue weighted by atomic mass is 32.2. The number of nitrogens with one attached hydrogen (secondary N) is 1. The van der Waals surface area contributed by atoms with Crippen molar-refractivity contribution in [2.24, 2.45) is 0 Å². The quantitative estimate of drug-likeness (QED) is 0.631. The Morgan fingerprint density at radius 1 is 1.14 bits per heavy atom. The van der Waals surface area contributed by atoms with Gasteiger partial charge in [0.15, 0.2) is 0 Å². The van der Waals surface area contributed by atoms with E-state index in [4.69, 9.17) is 0 Å². The van der Waals surface area contributed by atoms with Crippen LogP contribution in [0, 0.1) is 0 Å². The van der Waals surface area contributed by atoms with Crippen molar-refractivity contribution in [2.45, 2.75) is 70.9 Å². The number of unbranched alkanes of at least 4 members (excludes halogenated alkanes) is 3. The molecule has 1 saturated heterocycles. The fourth-order valence-corrected chi connectivity index (χ4v) is 3.36. The lowest BCUT2D eigenvalue weighted by molar-refractivity contribution is -0.149. The van der Waals surface area contributed by atoms with Gasteiger partial charge in [0.25, 0.3) is 0 Å². The van der Waals surface area contributed by atoms with Gasteiger partial charge in [0.1, 0.15) is 12.1 Å². The topological polar surface area (TPSA) is 49.4 Å². The smallest absolute Gasteiger partial charge is 0.245 e. The van der Waals surface area contributed by atoms with E-state index in [1.54, 1.807) is 0 Å². The minimum absolute atomic E-state index is 0.0259. The fourth-order valence-electron chi connectivity index (χ4n) is 2.86. The van der Waals surface area contributed by atoms with Gasteiger partial charge in [0, 0.05) is 6.54 Å². The van der Waals surface area contributed by atoms with Crippen LogP contribution in [0.3, 0.4) is 0 Å². The Labute approximate surface area is 133 Å². The Morgan fingerprint density at radius 3 is 2.48 bits per heavy atom. The lowest BCUT2D eigenvalue weighted by atomic mass is 10.0. The van der Waals surface area contributed by atoms with Crippen molar-refractivity contribution in [3.63, 3.8) is 0 Å². The molecule has 0 spiro atoms. The van der Waals surface area contributed by atoms with Gasteiger partial charge in [0.05, 0.1) is 0 Å². The molecule has 0 saturated carbocycles. The van der Waals surface area contributed by atoms with Gasteiger partial charge >= 0.3 is 0 Å². The second-order valence-corrected chi connectivity index (χ2v) is 6.70. The molecule has 0 aromatic rings. The minimum Gasteiger partial charge on any atom is -0.343 e. The van der Waals surface area contributed by atoms with E-state index in [9.17, 15) is 9.59 Å². The summed E-state index contributed by atoms with van der Waals surface area (Å²) in [6.45, 7) is 4.74. The highest BCUT2D eigenvalue weighted by Gasteiger charge is 2.38. The van der Waals surface area contributed by atoms with Crippen LogP contribution in [0.25, 0.3) is 0 Å². The zero-order chi connectivity index (χ0) is 15.7. The molecule has 1 rings (SSSR count). The monoisotopic (exact) mass is 314 g/mol. The Morgan fingerprint density at radius 2 is 1.86 bits per heavy atom. The minimum atomic E-state index is -0.304. The molecule has 2 atom stereocenters. The van der Waals surface area contributed by atoms with Gasteiger partial charge in [-0.1, -0.05) is 33.1 Å². The zero-order valence-corrected chi connectivity index (χ0v) is 14.5. The summed E-state index contributed by atoms with van der Waals surface area (Å²) in [6.07, 6.45) is 9.08. The van der Waals surface area contributed by atoms with E-state index in [0.717, 1.165) is 32.2 Å². The number of carbonyl (C=O) groups is 2. The summed E-state index contributed by atoms with van der Waals surface area (Å²) in [6, 6.07) is -0.571. The van der Waals surface area contributed by atoms with Gasteiger partial charge < -0.3 is 10.2 Å². The van der Waals surface area contributed by atoms with E-state index in [-0.39, 0.29) is 23.9 Å². The molecule has 1 heterocycles. The first-order chi connectivity index (χ1) is 10.2. The summed E-state index contributed by atoms with van der Waals surface area (Å²) in [4.78, 5) is 26.5. The molecule has 1 aliphatic rings. The van der Waals surface area contributed by atoms with Gasteiger partial charge in [-0.05, 0) is 37.7 Å². The van der Waals surface area contributed by atoms with Crippen LogP contribution in [-0.4, -0.2) is 47.4 Å². The third-order valence-electron chi connectivity index (χ3n) is 4.04. The summed E-state index contributed by atoms with van der Waals surface area (Å²) in [5.41, 5.74) is 0. The molecule has 2 unspecified atom stereocenters. The second kappa shape index (κ2) is 10.1. The van der Waals surface area contributed by atoms with Gasteiger partial charge in [-0.15, -0.1) is 0 Å². The van der Waals surface area contributed by atoms with Crippen LogP contribution in [-0.2, 0) is 9.59 Å². The third-order valence-corrected chi connectivity index (χ3v) is 4.73. The summed E-state index contributed by atoms with van der Waals surface area (Å²) in [5.74, 6) is 1.35. The molecule has 1 aliphatic heterocycles. The van der Waals surface area contributed by atoms with Gasteiger partial charge in [-0.25, -0.2) is 0 Å². The van der Waals surface area contributed by atoms with E-state index < -0.39 is 0 Å². The van der Waals surface area contributed by atoms with Crippen molar-refractivity contribution in [1.82, 2.24) is 10.2 Å². The van der Waals surface area contributed by atoms with Crippen LogP contribution in [0.2, 0.25) is 0 Å². The van der Waals surface area contributed by atoms with Crippen LogP contribution in [0.5, 0.6) is 0 Å². The maximum atomic E-state index is 12.5. The molecule has 0 radical (unpaired) electrons.